The number of nitrogens with one attached hydrogen (secondary N) is 1. The molecule has 3 N–H and O–H groups in total. The summed E-state index contributed by atoms with van der Waals surface area (Å²) in [6.07, 6.45) is 7.10. The smallest absolute Gasteiger partial charge is 0.220 e. The highest BCUT2D eigenvalue weighted by Crippen LogP contribution is 2.49. The Morgan fingerprint density at radius 3 is 2.75 bits per heavy atom. The maximum Gasteiger partial charge on any atom is 0.220 e. The highest BCUT2D eigenvalue weighted by Gasteiger charge is 2.40. The van der Waals surface area contributed by atoms with Crippen molar-refractivity contribution in [3.63, 3.8) is 0 Å². The first kappa shape index (κ1) is 11.9. The van der Waals surface area contributed by atoms with E-state index in [2.05, 4.69) is 12.2 Å². The Morgan fingerprint density at radius 1 is 1.44 bits per heavy atom. The lowest BCUT2D eigenvalue weighted by Crippen LogP contribution is -2.40. The van der Waals surface area contributed by atoms with Crippen molar-refractivity contribution in [3.05, 3.63) is 0 Å². The van der Waals surface area contributed by atoms with Crippen LogP contribution < -0.4 is 11.1 Å². The summed E-state index contributed by atoms with van der Waals surface area (Å²) in [5.41, 5.74) is 5.59. The quantitative estimate of drug-likeness (QED) is 0.746. The molecule has 2 bridgehead atoms. The Bertz CT molecular complexity index is 250. The normalized spacial score (nSPS) is 34.0. The van der Waals surface area contributed by atoms with E-state index in [0.29, 0.717) is 12.5 Å². The Balaban J connectivity index is 1.75. The zero-order valence-electron chi connectivity index (χ0n) is 10.2. The van der Waals surface area contributed by atoms with Crippen molar-refractivity contribution >= 4 is 5.91 Å². The third-order valence-corrected chi connectivity index (χ3v) is 4.47. The minimum absolute atomic E-state index is 0.172. The summed E-state index contributed by atoms with van der Waals surface area (Å²) in [6.45, 7) is 2.62. The van der Waals surface area contributed by atoms with Crippen molar-refractivity contribution < 1.29 is 4.79 Å². The monoisotopic (exact) mass is 224 g/mol. The fourth-order valence-corrected chi connectivity index (χ4v) is 3.48. The van der Waals surface area contributed by atoms with Crippen LogP contribution in [-0.4, -0.2) is 18.5 Å². The maximum absolute atomic E-state index is 11.8. The van der Waals surface area contributed by atoms with Crippen LogP contribution in [0.2, 0.25) is 0 Å². The van der Waals surface area contributed by atoms with Gasteiger partial charge in [0.05, 0.1) is 0 Å². The van der Waals surface area contributed by atoms with Gasteiger partial charge in [0.15, 0.2) is 0 Å². The molecular weight excluding hydrogens is 200 g/mol. The van der Waals surface area contributed by atoms with Crippen molar-refractivity contribution in [3.8, 4) is 0 Å². The number of amides is 1. The lowest BCUT2D eigenvalue weighted by atomic mass is 9.86. The molecule has 2 fully saturated rings. The predicted octanol–water partition coefficient (Wildman–Crippen LogP) is 1.67. The van der Waals surface area contributed by atoms with Crippen LogP contribution in [-0.2, 0) is 4.79 Å². The number of carbonyl (C=O) groups excluding carboxylic acids is 1. The van der Waals surface area contributed by atoms with Crippen LogP contribution in [0.4, 0.5) is 0 Å². The van der Waals surface area contributed by atoms with Crippen LogP contribution in [0, 0.1) is 17.8 Å². The van der Waals surface area contributed by atoms with E-state index in [4.69, 9.17) is 5.73 Å². The number of carbonyl (C=O) groups is 1. The Morgan fingerprint density at radius 2 is 2.25 bits per heavy atom. The Hall–Kier alpha value is -0.570. The average Bonchev–Trinajstić information content (AvgIpc) is 2.87. The van der Waals surface area contributed by atoms with E-state index in [9.17, 15) is 4.79 Å². The molecule has 1 amide bonds. The highest BCUT2D eigenvalue weighted by atomic mass is 16.1. The molecule has 3 heteroatoms. The summed E-state index contributed by atoms with van der Waals surface area (Å²) in [6, 6.07) is 0.172. The Labute approximate surface area is 98.2 Å². The van der Waals surface area contributed by atoms with Gasteiger partial charge in [-0.3, -0.25) is 4.79 Å². The molecule has 4 atom stereocenters. The van der Waals surface area contributed by atoms with Gasteiger partial charge in [-0.25, -0.2) is 0 Å². The molecule has 0 saturated heterocycles. The molecule has 16 heavy (non-hydrogen) atoms. The Kier molecular flexibility index (Phi) is 3.85. The van der Waals surface area contributed by atoms with E-state index in [1.165, 1.54) is 25.7 Å². The van der Waals surface area contributed by atoms with Gasteiger partial charge in [0, 0.05) is 19.0 Å². The molecule has 0 aromatic carbocycles. The van der Waals surface area contributed by atoms with Gasteiger partial charge in [-0.15, -0.1) is 0 Å². The topological polar surface area (TPSA) is 55.1 Å². The summed E-state index contributed by atoms with van der Waals surface area (Å²) in [4.78, 5) is 11.8. The van der Waals surface area contributed by atoms with Crippen molar-refractivity contribution in [2.24, 2.45) is 23.5 Å². The molecule has 0 aromatic rings. The summed E-state index contributed by atoms with van der Waals surface area (Å²) in [5, 5.41) is 3.04. The molecule has 0 spiro atoms. The van der Waals surface area contributed by atoms with Crippen LogP contribution >= 0.6 is 0 Å². The van der Waals surface area contributed by atoms with E-state index >= 15 is 0 Å². The number of rotatable bonds is 5. The largest absolute Gasteiger partial charge is 0.352 e. The molecule has 4 unspecified atom stereocenters. The van der Waals surface area contributed by atoms with Crippen molar-refractivity contribution in [1.82, 2.24) is 5.32 Å². The number of hydrogen-bond donors (Lipinski definition) is 2. The van der Waals surface area contributed by atoms with Crippen molar-refractivity contribution in [2.45, 2.75) is 51.5 Å². The molecule has 0 radical (unpaired) electrons. The highest BCUT2D eigenvalue weighted by molar-refractivity contribution is 5.76. The van der Waals surface area contributed by atoms with E-state index in [0.717, 1.165) is 24.7 Å². The summed E-state index contributed by atoms with van der Waals surface area (Å²) < 4.78 is 0. The van der Waals surface area contributed by atoms with Gasteiger partial charge < -0.3 is 11.1 Å². The van der Waals surface area contributed by atoms with Crippen LogP contribution in [0.15, 0.2) is 0 Å². The number of hydrogen-bond acceptors (Lipinski definition) is 2. The molecule has 92 valence electrons. The molecule has 0 aliphatic heterocycles. The molecule has 0 aromatic heterocycles. The van der Waals surface area contributed by atoms with Gasteiger partial charge in [-0.2, -0.15) is 0 Å². The van der Waals surface area contributed by atoms with Crippen LogP contribution in [0.25, 0.3) is 0 Å². The first-order valence-corrected chi connectivity index (χ1v) is 6.72. The second kappa shape index (κ2) is 5.17. The first-order chi connectivity index (χ1) is 7.72. The number of fused-ring (bicyclic) bond motifs is 2. The van der Waals surface area contributed by atoms with Gasteiger partial charge in [-0.1, -0.05) is 13.3 Å². The fourth-order valence-electron chi connectivity index (χ4n) is 3.48. The van der Waals surface area contributed by atoms with Gasteiger partial charge >= 0.3 is 0 Å². The molecule has 2 rings (SSSR count). The molecule has 3 nitrogen and oxygen atoms in total. The van der Waals surface area contributed by atoms with E-state index in [1.54, 1.807) is 0 Å². The average molecular weight is 224 g/mol. The fraction of sp³-hybridized carbons (Fsp3) is 0.923. The number of nitrogens with two attached hydrogens (primary N) is 1. The molecule has 2 aliphatic rings. The standard InChI is InChI=1S/C13H24N2O/c1-2-12(8-14)15-13(16)7-11-6-9-3-4-10(11)5-9/h9-12H,2-8,14H2,1H3,(H,15,16). The lowest BCUT2D eigenvalue weighted by Gasteiger charge is -2.22. The van der Waals surface area contributed by atoms with E-state index in [-0.39, 0.29) is 11.9 Å². The minimum atomic E-state index is 0.172. The molecular formula is C13H24N2O. The third kappa shape index (κ3) is 2.57. The van der Waals surface area contributed by atoms with Gasteiger partial charge in [0.2, 0.25) is 5.91 Å². The molecule has 2 saturated carbocycles. The van der Waals surface area contributed by atoms with Crippen LogP contribution in [0.3, 0.4) is 0 Å². The molecule has 0 heterocycles. The molecule has 2 aliphatic carbocycles. The van der Waals surface area contributed by atoms with Crippen molar-refractivity contribution in [2.75, 3.05) is 6.54 Å². The third-order valence-electron chi connectivity index (χ3n) is 4.47. The second-order valence-corrected chi connectivity index (χ2v) is 5.55. The summed E-state index contributed by atoms with van der Waals surface area (Å²) >= 11 is 0. The minimum Gasteiger partial charge on any atom is -0.352 e. The first-order valence-electron chi connectivity index (χ1n) is 6.72. The van der Waals surface area contributed by atoms with Crippen LogP contribution in [0.5, 0.6) is 0 Å². The van der Waals surface area contributed by atoms with E-state index in [1.807, 2.05) is 0 Å². The van der Waals surface area contributed by atoms with E-state index < -0.39 is 0 Å². The van der Waals surface area contributed by atoms with Gasteiger partial charge in [-0.05, 0) is 43.4 Å². The summed E-state index contributed by atoms with van der Waals surface area (Å²) in [7, 11) is 0. The predicted molar refractivity (Wildman–Crippen MR) is 64.8 cm³/mol. The van der Waals surface area contributed by atoms with Crippen LogP contribution in [0.1, 0.15) is 45.4 Å². The second-order valence-electron chi connectivity index (χ2n) is 5.55. The van der Waals surface area contributed by atoms with Gasteiger partial charge in [0.25, 0.3) is 0 Å². The van der Waals surface area contributed by atoms with Crippen molar-refractivity contribution in [1.29, 1.82) is 0 Å². The SMILES string of the molecule is CCC(CN)NC(=O)CC1CC2CCC1C2. The maximum atomic E-state index is 11.8. The summed E-state index contributed by atoms with van der Waals surface area (Å²) in [5.74, 6) is 2.65. The lowest BCUT2D eigenvalue weighted by molar-refractivity contribution is -0.123. The zero-order chi connectivity index (χ0) is 11.5. The zero-order valence-corrected chi connectivity index (χ0v) is 10.2. The van der Waals surface area contributed by atoms with Gasteiger partial charge in [0.1, 0.15) is 0 Å².